The summed E-state index contributed by atoms with van der Waals surface area (Å²) in [6, 6.07) is 5.25. The van der Waals surface area contributed by atoms with Crippen LogP contribution in [-0.2, 0) is 0 Å². The predicted molar refractivity (Wildman–Crippen MR) is 80.2 cm³/mol. The van der Waals surface area contributed by atoms with Gasteiger partial charge in [0.25, 0.3) is 5.56 Å². The number of benzene rings is 1. The molecule has 5 nitrogen and oxygen atoms in total. The van der Waals surface area contributed by atoms with Gasteiger partial charge < -0.3 is 10.3 Å². The number of hydrogen-bond acceptors (Lipinski definition) is 4. The van der Waals surface area contributed by atoms with Crippen molar-refractivity contribution in [1.82, 2.24) is 20.2 Å². The van der Waals surface area contributed by atoms with Gasteiger partial charge in [0.1, 0.15) is 5.82 Å². The molecule has 106 valence electrons. The van der Waals surface area contributed by atoms with E-state index in [1.165, 1.54) is 0 Å². The summed E-state index contributed by atoms with van der Waals surface area (Å²) >= 11 is 5.98. The molecule has 2 N–H and O–H groups in total. The van der Waals surface area contributed by atoms with E-state index in [9.17, 15) is 4.79 Å². The molecular formula is C14H17ClN4O. The Morgan fingerprint density at radius 2 is 2.10 bits per heavy atom. The van der Waals surface area contributed by atoms with E-state index in [4.69, 9.17) is 11.6 Å². The molecule has 0 unspecified atom stereocenters. The summed E-state index contributed by atoms with van der Waals surface area (Å²) in [6.45, 7) is 5.92. The van der Waals surface area contributed by atoms with Crippen LogP contribution >= 0.6 is 11.6 Å². The van der Waals surface area contributed by atoms with Crippen molar-refractivity contribution >= 4 is 22.5 Å². The van der Waals surface area contributed by atoms with Crippen LogP contribution in [0.2, 0.25) is 5.02 Å². The minimum absolute atomic E-state index is 0.0909. The predicted octanol–water partition coefficient (Wildman–Crippen LogP) is 1.54. The first-order valence-electron chi connectivity index (χ1n) is 6.79. The van der Waals surface area contributed by atoms with E-state index in [2.05, 4.69) is 27.1 Å². The van der Waals surface area contributed by atoms with Crippen LogP contribution in [-0.4, -0.2) is 41.0 Å². The highest BCUT2D eigenvalue weighted by Crippen LogP contribution is 2.19. The molecule has 3 rings (SSSR count). The Hall–Kier alpha value is -1.43. The van der Waals surface area contributed by atoms with E-state index >= 15 is 0 Å². The molecule has 0 radical (unpaired) electrons. The van der Waals surface area contributed by atoms with Crippen LogP contribution < -0.4 is 10.9 Å². The average Bonchev–Trinajstić information content (AvgIpc) is 2.46. The van der Waals surface area contributed by atoms with E-state index in [0.717, 1.165) is 26.2 Å². The van der Waals surface area contributed by atoms with Gasteiger partial charge in [-0.05, 0) is 25.1 Å². The Balaban J connectivity index is 2.00. The van der Waals surface area contributed by atoms with Crippen molar-refractivity contribution in [2.24, 2.45) is 0 Å². The Morgan fingerprint density at radius 3 is 2.85 bits per heavy atom. The number of nitrogens with one attached hydrogen (secondary N) is 2. The summed E-state index contributed by atoms with van der Waals surface area (Å²) in [5.74, 6) is 0.701. The molecule has 1 aromatic heterocycles. The molecule has 20 heavy (non-hydrogen) atoms. The minimum atomic E-state index is -0.108. The van der Waals surface area contributed by atoms with E-state index in [-0.39, 0.29) is 11.6 Å². The monoisotopic (exact) mass is 292 g/mol. The molecular weight excluding hydrogens is 276 g/mol. The third kappa shape index (κ3) is 2.57. The number of hydrogen-bond donors (Lipinski definition) is 2. The topological polar surface area (TPSA) is 61.0 Å². The molecule has 1 fully saturated rings. The van der Waals surface area contributed by atoms with E-state index in [1.807, 2.05) is 0 Å². The summed E-state index contributed by atoms with van der Waals surface area (Å²) in [7, 11) is 0. The van der Waals surface area contributed by atoms with Gasteiger partial charge in [-0.2, -0.15) is 0 Å². The van der Waals surface area contributed by atoms with Gasteiger partial charge >= 0.3 is 0 Å². The third-order valence-electron chi connectivity index (χ3n) is 3.78. The summed E-state index contributed by atoms with van der Waals surface area (Å²) < 4.78 is 0. The van der Waals surface area contributed by atoms with Crippen LogP contribution in [0.1, 0.15) is 18.8 Å². The molecule has 0 spiro atoms. The zero-order valence-electron chi connectivity index (χ0n) is 11.3. The zero-order valence-corrected chi connectivity index (χ0v) is 12.1. The first-order valence-corrected chi connectivity index (χ1v) is 7.17. The maximum atomic E-state index is 12.1. The second kappa shape index (κ2) is 5.52. The van der Waals surface area contributed by atoms with Crippen molar-refractivity contribution in [1.29, 1.82) is 0 Å². The Kier molecular flexibility index (Phi) is 3.74. The summed E-state index contributed by atoms with van der Waals surface area (Å²) in [5, 5.41) is 4.49. The van der Waals surface area contributed by atoms with Gasteiger partial charge in [-0.25, -0.2) is 4.98 Å². The Labute approximate surface area is 122 Å². The highest BCUT2D eigenvalue weighted by molar-refractivity contribution is 6.31. The molecule has 0 amide bonds. The Morgan fingerprint density at radius 1 is 1.35 bits per heavy atom. The van der Waals surface area contributed by atoms with Crippen molar-refractivity contribution in [2.45, 2.75) is 13.0 Å². The average molecular weight is 293 g/mol. The SMILES string of the molecule is C[C@H](c1nc2cc(Cl)ccc2c(=O)[nH]1)N1CCNCC1. The molecule has 1 atom stereocenters. The lowest BCUT2D eigenvalue weighted by atomic mass is 10.2. The fourth-order valence-corrected chi connectivity index (χ4v) is 2.74. The smallest absolute Gasteiger partial charge is 0.258 e. The van der Waals surface area contributed by atoms with Gasteiger partial charge in [0, 0.05) is 31.2 Å². The lowest BCUT2D eigenvalue weighted by molar-refractivity contribution is 0.179. The number of aromatic nitrogens is 2. The first kappa shape index (κ1) is 13.5. The summed E-state index contributed by atoms with van der Waals surface area (Å²) in [5.41, 5.74) is 0.543. The fraction of sp³-hybridized carbons (Fsp3) is 0.429. The third-order valence-corrected chi connectivity index (χ3v) is 4.02. The van der Waals surface area contributed by atoms with Gasteiger partial charge in [0.15, 0.2) is 0 Å². The molecule has 2 aromatic rings. The standard InChI is InChI=1S/C14H17ClN4O/c1-9(19-6-4-16-5-7-19)13-17-12-8-10(15)2-3-11(12)14(20)18-13/h2-3,8-9,16H,4-7H2,1H3,(H,17,18,20)/t9-/m1/s1. The normalized spacial score (nSPS) is 18.3. The molecule has 1 saturated heterocycles. The maximum absolute atomic E-state index is 12.1. The van der Waals surface area contributed by atoms with Crippen molar-refractivity contribution < 1.29 is 0 Å². The van der Waals surface area contributed by atoms with Crippen LogP contribution in [0.4, 0.5) is 0 Å². The van der Waals surface area contributed by atoms with Crippen molar-refractivity contribution in [3.8, 4) is 0 Å². The number of H-pyrrole nitrogens is 1. The molecule has 6 heteroatoms. The van der Waals surface area contributed by atoms with E-state index in [0.29, 0.717) is 21.7 Å². The van der Waals surface area contributed by atoms with Crippen molar-refractivity contribution in [3.63, 3.8) is 0 Å². The number of nitrogens with zero attached hydrogens (tertiary/aromatic N) is 2. The number of halogens is 1. The number of aromatic amines is 1. The lowest BCUT2D eigenvalue weighted by Crippen LogP contribution is -2.45. The Bertz CT molecular complexity index is 678. The van der Waals surface area contributed by atoms with Crippen LogP contribution in [0.25, 0.3) is 10.9 Å². The zero-order chi connectivity index (χ0) is 14.1. The van der Waals surface area contributed by atoms with Gasteiger partial charge in [-0.3, -0.25) is 9.69 Å². The largest absolute Gasteiger partial charge is 0.314 e. The quantitative estimate of drug-likeness (QED) is 0.881. The highest BCUT2D eigenvalue weighted by atomic mass is 35.5. The van der Waals surface area contributed by atoms with E-state index < -0.39 is 0 Å². The van der Waals surface area contributed by atoms with E-state index in [1.54, 1.807) is 18.2 Å². The van der Waals surface area contributed by atoms with Gasteiger partial charge in [0.2, 0.25) is 0 Å². The van der Waals surface area contributed by atoms with Gasteiger partial charge in [-0.15, -0.1) is 0 Å². The van der Waals surface area contributed by atoms with Gasteiger partial charge in [0.05, 0.1) is 16.9 Å². The molecule has 1 aliphatic heterocycles. The van der Waals surface area contributed by atoms with Crippen molar-refractivity contribution in [2.75, 3.05) is 26.2 Å². The molecule has 2 heterocycles. The van der Waals surface area contributed by atoms with Crippen molar-refractivity contribution in [3.05, 3.63) is 39.4 Å². The first-order chi connectivity index (χ1) is 9.65. The summed E-state index contributed by atoms with van der Waals surface area (Å²) in [6.07, 6.45) is 0. The molecule has 0 aliphatic carbocycles. The maximum Gasteiger partial charge on any atom is 0.258 e. The number of fused-ring (bicyclic) bond motifs is 1. The second-order valence-electron chi connectivity index (χ2n) is 5.07. The van der Waals surface area contributed by atoms with Gasteiger partial charge in [-0.1, -0.05) is 11.6 Å². The fourth-order valence-electron chi connectivity index (χ4n) is 2.57. The summed E-state index contributed by atoms with van der Waals surface area (Å²) in [4.78, 5) is 21.9. The lowest BCUT2D eigenvalue weighted by Gasteiger charge is -2.32. The highest BCUT2D eigenvalue weighted by Gasteiger charge is 2.20. The minimum Gasteiger partial charge on any atom is -0.314 e. The number of rotatable bonds is 2. The molecule has 0 saturated carbocycles. The number of piperazine rings is 1. The van der Waals surface area contributed by atoms with Crippen LogP contribution in [0.15, 0.2) is 23.0 Å². The van der Waals surface area contributed by atoms with Crippen LogP contribution in [0.5, 0.6) is 0 Å². The molecule has 0 bridgehead atoms. The van der Waals surface area contributed by atoms with Crippen LogP contribution in [0.3, 0.4) is 0 Å². The second-order valence-corrected chi connectivity index (χ2v) is 5.51. The molecule has 1 aromatic carbocycles. The van der Waals surface area contributed by atoms with Crippen LogP contribution in [0, 0.1) is 0 Å². The molecule has 1 aliphatic rings.